The van der Waals surface area contributed by atoms with Crippen LogP contribution in [0.15, 0.2) is 0 Å². The van der Waals surface area contributed by atoms with Gasteiger partial charge in [0.05, 0.1) is 0 Å². The van der Waals surface area contributed by atoms with Gasteiger partial charge in [0.25, 0.3) is 12.9 Å². The molecule has 4 heteroatoms. The molecule has 1 fully saturated rings. The van der Waals surface area contributed by atoms with E-state index in [4.69, 9.17) is 19.8 Å². The van der Waals surface area contributed by atoms with E-state index in [1.807, 2.05) is 0 Å². The smallest absolute Gasteiger partial charge is 0.290 e. The summed E-state index contributed by atoms with van der Waals surface area (Å²) in [4.78, 5) is 16.7. The van der Waals surface area contributed by atoms with E-state index in [1.54, 1.807) is 0 Å². The van der Waals surface area contributed by atoms with E-state index in [1.165, 1.54) is 32.1 Å². The molecule has 0 radical (unpaired) electrons. The molecule has 0 atom stereocenters. The quantitative estimate of drug-likeness (QED) is 0.573. The van der Waals surface area contributed by atoms with Gasteiger partial charge in [-0.1, -0.05) is 39.0 Å². The predicted octanol–water partition coefficient (Wildman–Crippen LogP) is 1.99. The highest BCUT2D eigenvalue weighted by atomic mass is 16.3. The molecule has 1 saturated carbocycles. The van der Waals surface area contributed by atoms with Crippen LogP contribution in [0.4, 0.5) is 0 Å². The highest BCUT2D eigenvalue weighted by Crippen LogP contribution is 2.21. The number of rotatable bonds is 0. The van der Waals surface area contributed by atoms with E-state index in [2.05, 4.69) is 6.92 Å². The van der Waals surface area contributed by atoms with Crippen LogP contribution in [0.25, 0.3) is 0 Å². The topological polar surface area (TPSA) is 74.6 Å². The molecule has 0 aromatic rings. The molecule has 0 bridgehead atoms. The molecule has 1 aliphatic rings. The molecule has 0 aromatic heterocycles. The first kappa shape index (κ1) is 14.5. The molecule has 78 valence electrons. The van der Waals surface area contributed by atoms with Gasteiger partial charge in [-0.2, -0.15) is 0 Å². The van der Waals surface area contributed by atoms with Gasteiger partial charge in [0.15, 0.2) is 0 Å². The fourth-order valence-corrected chi connectivity index (χ4v) is 1.31. The second kappa shape index (κ2) is 13.5. The van der Waals surface area contributed by atoms with Crippen LogP contribution in [-0.4, -0.2) is 23.2 Å². The highest BCUT2D eigenvalue weighted by Gasteiger charge is 2.05. The monoisotopic (exact) mass is 190 g/mol. The molecule has 0 aromatic carbocycles. The van der Waals surface area contributed by atoms with Crippen molar-refractivity contribution in [3.05, 3.63) is 0 Å². The summed E-state index contributed by atoms with van der Waals surface area (Å²) in [6, 6.07) is 0. The van der Waals surface area contributed by atoms with Gasteiger partial charge in [-0.05, 0) is 5.92 Å². The van der Waals surface area contributed by atoms with Crippen molar-refractivity contribution in [1.82, 2.24) is 0 Å². The first-order valence-corrected chi connectivity index (χ1v) is 4.38. The van der Waals surface area contributed by atoms with E-state index >= 15 is 0 Å². The number of hydrogen-bond donors (Lipinski definition) is 2. The second-order valence-corrected chi connectivity index (χ2v) is 2.95. The average Bonchev–Trinajstić information content (AvgIpc) is 2.08. The molecule has 0 spiro atoms. The lowest BCUT2D eigenvalue weighted by Crippen LogP contribution is -1.99. The molecule has 0 unspecified atom stereocenters. The number of hydrogen-bond acceptors (Lipinski definition) is 2. The van der Waals surface area contributed by atoms with Crippen molar-refractivity contribution in [2.45, 2.75) is 39.0 Å². The van der Waals surface area contributed by atoms with Crippen molar-refractivity contribution in [3.63, 3.8) is 0 Å². The molecular formula is C9H18O4. The predicted molar refractivity (Wildman–Crippen MR) is 49.6 cm³/mol. The Morgan fingerprint density at radius 1 is 1.00 bits per heavy atom. The summed E-state index contributed by atoms with van der Waals surface area (Å²) >= 11 is 0. The fraction of sp³-hybridized carbons (Fsp3) is 0.778. The maximum atomic E-state index is 8.36. The summed E-state index contributed by atoms with van der Waals surface area (Å²) in [5.74, 6) is 1.04. The third-order valence-corrected chi connectivity index (χ3v) is 1.89. The zero-order valence-corrected chi connectivity index (χ0v) is 7.98. The second-order valence-electron chi connectivity index (χ2n) is 2.95. The summed E-state index contributed by atoms with van der Waals surface area (Å²) in [5, 5.41) is 13.8. The molecule has 0 aliphatic heterocycles. The molecule has 1 aliphatic carbocycles. The Labute approximate surface area is 78.6 Å². The van der Waals surface area contributed by atoms with Gasteiger partial charge >= 0.3 is 0 Å². The standard InChI is InChI=1S/C7H14.2CH2O2/c1-7-5-3-2-4-6-7;2*2-1-3/h7H,2-6H2,1H3;2*1H,(H,2,3). The molecule has 1 rings (SSSR count). The summed E-state index contributed by atoms with van der Waals surface area (Å²) in [6.45, 7) is 1.86. The van der Waals surface area contributed by atoms with Gasteiger partial charge in [-0.25, -0.2) is 0 Å². The Bertz CT molecular complexity index is 102. The Balaban J connectivity index is 0. The van der Waals surface area contributed by atoms with Crippen LogP contribution in [0.3, 0.4) is 0 Å². The Hall–Kier alpha value is -1.06. The summed E-state index contributed by atoms with van der Waals surface area (Å²) < 4.78 is 0. The third kappa shape index (κ3) is 18.2. The molecule has 0 saturated heterocycles. The third-order valence-electron chi connectivity index (χ3n) is 1.89. The van der Waals surface area contributed by atoms with Gasteiger partial charge in [0.1, 0.15) is 0 Å². The molecular weight excluding hydrogens is 172 g/mol. The lowest BCUT2D eigenvalue weighted by Gasteiger charge is -2.15. The van der Waals surface area contributed by atoms with Crippen LogP contribution in [0.5, 0.6) is 0 Å². The van der Waals surface area contributed by atoms with Crippen molar-refractivity contribution < 1.29 is 19.8 Å². The van der Waals surface area contributed by atoms with Crippen molar-refractivity contribution in [1.29, 1.82) is 0 Å². The Kier molecular flexibility index (Phi) is 15.0. The summed E-state index contributed by atoms with van der Waals surface area (Å²) in [5.41, 5.74) is 0. The van der Waals surface area contributed by atoms with E-state index < -0.39 is 0 Å². The number of carboxylic acid groups (broad SMARTS) is 2. The SMILES string of the molecule is CC1CCCCC1.O=CO.O=CO. The van der Waals surface area contributed by atoms with Gasteiger partial charge in [-0.3, -0.25) is 9.59 Å². The van der Waals surface area contributed by atoms with E-state index in [-0.39, 0.29) is 12.9 Å². The van der Waals surface area contributed by atoms with Crippen LogP contribution >= 0.6 is 0 Å². The van der Waals surface area contributed by atoms with Crippen LogP contribution in [0.1, 0.15) is 39.0 Å². The molecule has 0 amide bonds. The maximum Gasteiger partial charge on any atom is 0.290 e. The van der Waals surface area contributed by atoms with Gasteiger partial charge in [-0.15, -0.1) is 0 Å². The van der Waals surface area contributed by atoms with Crippen molar-refractivity contribution in [2.24, 2.45) is 5.92 Å². The van der Waals surface area contributed by atoms with Crippen LogP contribution in [0.2, 0.25) is 0 Å². The molecule has 2 N–H and O–H groups in total. The minimum absolute atomic E-state index is 0.250. The minimum atomic E-state index is -0.250. The summed E-state index contributed by atoms with van der Waals surface area (Å²) in [6.07, 6.45) is 7.44. The molecule has 4 nitrogen and oxygen atoms in total. The number of carbonyl (C=O) groups is 2. The van der Waals surface area contributed by atoms with Crippen molar-refractivity contribution in [3.8, 4) is 0 Å². The zero-order valence-electron chi connectivity index (χ0n) is 7.98. The van der Waals surface area contributed by atoms with Gasteiger partial charge < -0.3 is 10.2 Å². The summed E-state index contributed by atoms with van der Waals surface area (Å²) in [7, 11) is 0. The van der Waals surface area contributed by atoms with E-state index in [0.29, 0.717) is 0 Å². The van der Waals surface area contributed by atoms with E-state index in [0.717, 1.165) is 5.92 Å². The Morgan fingerprint density at radius 3 is 1.46 bits per heavy atom. The van der Waals surface area contributed by atoms with Crippen LogP contribution in [0, 0.1) is 5.92 Å². The average molecular weight is 190 g/mol. The van der Waals surface area contributed by atoms with Crippen LogP contribution in [-0.2, 0) is 9.59 Å². The maximum absolute atomic E-state index is 8.36. The Morgan fingerprint density at radius 2 is 1.31 bits per heavy atom. The first-order chi connectivity index (χ1) is 6.22. The van der Waals surface area contributed by atoms with Crippen molar-refractivity contribution >= 4 is 12.9 Å². The molecule has 0 heterocycles. The van der Waals surface area contributed by atoms with Crippen molar-refractivity contribution in [2.75, 3.05) is 0 Å². The largest absolute Gasteiger partial charge is 0.483 e. The molecule has 13 heavy (non-hydrogen) atoms. The van der Waals surface area contributed by atoms with Crippen LogP contribution < -0.4 is 0 Å². The first-order valence-electron chi connectivity index (χ1n) is 4.38. The van der Waals surface area contributed by atoms with E-state index in [9.17, 15) is 0 Å². The van der Waals surface area contributed by atoms with Gasteiger partial charge in [0.2, 0.25) is 0 Å². The van der Waals surface area contributed by atoms with Gasteiger partial charge in [0, 0.05) is 0 Å². The normalized spacial score (nSPS) is 15.5. The minimum Gasteiger partial charge on any atom is -0.483 e. The highest BCUT2D eigenvalue weighted by molar-refractivity contribution is 5.32. The lowest BCUT2D eigenvalue weighted by atomic mass is 9.91. The lowest BCUT2D eigenvalue weighted by molar-refractivity contribution is -0.123. The zero-order chi connectivity index (χ0) is 10.5. The fourth-order valence-electron chi connectivity index (χ4n) is 1.31.